The molecule has 18 heavy (non-hydrogen) atoms. The number of hydrogen-bond acceptors (Lipinski definition) is 3. The molecule has 0 heterocycles. The summed E-state index contributed by atoms with van der Waals surface area (Å²) in [5.41, 5.74) is 6.61. The van der Waals surface area contributed by atoms with Crippen molar-refractivity contribution < 1.29 is 14.3 Å². The van der Waals surface area contributed by atoms with E-state index in [2.05, 4.69) is 24.7 Å². The molecule has 0 spiro atoms. The molecule has 0 bridgehead atoms. The molecule has 0 aliphatic heterocycles. The summed E-state index contributed by atoms with van der Waals surface area (Å²) in [6, 6.07) is 0. The summed E-state index contributed by atoms with van der Waals surface area (Å²) in [4.78, 5) is 22.1. The van der Waals surface area contributed by atoms with Gasteiger partial charge in [0, 0.05) is 12.8 Å². The summed E-state index contributed by atoms with van der Waals surface area (Å²) >= 11 is 0. The van der Waals surface area contributed by atoms with Crippen LogP contribution in [-0.4, -0.2) is 19.0 Å². The molecule has 102 valence electrons. The summed E-state index contributed by atoms with van der Waals surface area (Å²) in [6.45, 7) is 4.30. The molecule has 4 nitrogen and oxygen atoms in total. The first kappa shape index (κ1) is 14.7. The average Bonchev–Trinajstić information content (AvgIpc) is 2.55. The molecule has 1 atom stereocenters. The Morgan fingerprint density at radius 3 is 2.72 bits per heavy atom. The quantitative estimate of drug-likeness (QED) is 0.582. The van der Waals surface area contributed by atoms with Crippen molar-refractivity contribution in [3.8, 4) is 0 Å². The van der Waals surface area contributed by atoms with Crippen molar-refractivity contribution in [3.63, 3.8) is 0 Å². The first-order valence-electron chi connectivity index (χ1n) is 6.42. The second-order valence-electron chi connectivity index (χ2n) is 5.48. The van der Waals surface area contributed by atoms with Gasteiger partial charge in [-0.05, 0) is 30.6 Å². The number of amides is 1. The highest BCUT2D eigenvalue weighted by Crippen LogP contribution is 2.46. The van der Waals surface area contributed by atoms with Gasteiger partial charge in [0.1, 0.15) is 0 Å². The molecule has 1 aliphatic rings. The maximum atomic E-state index is 11.1. The molecule has 1 amide bonds. The third-order valence-corrected chi connectivity index (χ3v) is 4.00. The zero-order valence-electron chi connectivity index (χ0n) is 11.5. The number of rotatable bonds is 6. The number of allylic oxidation sites excluding steroid dienone is 2. The minimum absolute atomic E-state index is 0.00511. The van der Waals surface area contributed by atoms with E-state index in [0.717, 1.165) is 19.3 Å². The van der Waals surface area contributed by atoms with Crippen molar-refractivity contribution in [2.45, 2.75) is 46.0 Å². The van der Waals surface area contributed by atoms with E-state index in [1.807, 2.05) is 0 Å². The lowest BCUT2D eigenvalue weighted by Gasteiger charge is -2.30. The van der Waals surface area contributed by atoms with Crippen molar-refractivity contribution in [3.05, 3.63) is 11.6 Å². The van der Waals surface area contributed by atoms with Gasteiger partial charge in [-0.1, -0.05) is 25.5 Å². The van der Waals surface area contributed by atoms with E-state index in [0.29, 0.717) is 18.8 Å². The van der Waals surface area contributed by atoms with Gasteiger partial charge in [-0.2, -0.15) is 0 Å². The number of hydrogen-bond donors (Lipinski definition) is 1. The van der Waals surface area contributed by atoms with Crippen LogP contribution < -0.4 is 5.73 Å². The molecule has 0 fully saturated rings. The van der Waals surface area contributed by atoms with Crippen LogP contribution in [0.4, 0.5) is 0 Å². The van der Waals surface area contributed by atoms with Gasteiger partial charge in [0.25, 0.3) is 0 Å². The van der Waals surface area contributed by atoms with Gasteiger partial charge in [0.2, 0.25) is 5.91 Å². The molecule has 2 N–H and O–H groups in total. The normalized spacial score (nSPS) is 21.5. The molecule has 1 aliphatic carbocycles. The number of primary amides is 1. The van der Waals surface area contributed by atoms with E-state index in [-0.39, 0.29) is 17.3 Å². The van der Waals surface area contributed by atoms with Crippen LogP contribution in [0.15, 0.2) is 11.6 Å². The van der Waals surface area contributed by atoms with E-state index in [1.54, 1.807) is 0 Å². The smallest absolute Gasteiger partial charge is 0.305 e. The van der Waals surface area contributed by atoms with E-state index in [4.69, 9.17) is 5.73 Å². The highest BCUT2D eigenvalue weighted by atomic mass is 16.5. The Morgan fingerprint density at radius 1 is 1.50 bits per heavy atom. The summed E-state index contributed by atoms with van der Waals surface area (Å²) in [6.07, 6.45) is 5.67. The van der Waals surface area contributed by atoms with Crippen LogP contribution >= 0.6 is 0 Å². The molecule has 0 saturated heterocycles. The first-order valence-corrected chi connectivity index (χ1v) is 6.42. The lowest BCUT2D eigenvalue weighted by atomic mass is 9.74. The zero-order valence-corrected chi connectivity index (χ0v) is 11.5. The van der Waals surface area contributed by atoms with E-state index in [1.165, 1.54) is 12.7 Å². The summed E-state index contributed by atoms with van der Waals surface area (Å²) < 4.78 is 4.62. The van der Waals surface area contributed by atoms with Crippen molar-refractivity contribution in [2.75, 3.05) is 7.11 Å². The minimum atomic E-state index is -0.239. The Bertz CT molecular complexity index is 358. The Balaban J connectivity index is 2.48. The van der Waals surface area contributed by atoms with Gasteiger partial charge in [0.15, 0.2) is 0 Å². The number of carbonyl (C=O) groups is 2. The van der Waals surface area contributed by atoms with Crippen LogP contribution in [-0.2, 0) is 14.3 Å². The molecule has 1 unspecified atom stereocenters. The molecule has 1 rings (SSSR count). The number of esters is 1. The van der Waals surface area contributed by atoms with Gasteiger partial charge in [0.05, 0.1) is 7.11 Å². The van der Waals surface area contributed by atoms with Gasteiger partial charge < -0.3 is 10.5 Å². The van der Waals surface area contributed by atoms with Crippen LogP contribution in [0, 0.1) is 11.3 Å². The van der Waals surface area contributed by atoms with Crippen molar-refractivity contribution in [1.29, 1.82) is 0 Å². The fourth-order valence-corrected chi connectivity index (χ4v) is 2.64. The summed E-state index contributed by atoms with van der Waals surface area (Å²) in [5.74, 6) is -0.111. The fourth-order valence-electron chi connectivity index (χ4n) is 2.64. The van der Waals surface area contributed by atoms with E-state index < -0.39 is 0 Å². The van der Waals surface area contributed by atoms with Crippen LogP contribution in [0.3, 0.4) is 0 Å². The maximum Gasteiger partial charge on any atom is 0.305 e. The lowest BCUT2D eigenvalue weighted by Crippen LogP contribution is -2.26. The summed E-state index contributed by atoms with van der Waals surface area (Å²) in [7, 11) is 1.41. The lowest BCUT2D eigenvalue weighted by molar-refractivity contribution is -0.140. The standard InChI is InChI=1S/C14H23NO3/c1-14(2)10(5-4-6-13(17)18-3)7-8-11(14)9-12(15)16/h7,11H,4-6,8-9H2,1-3H3,(H2,15,16). The Hall–Kier alpha value is -1.32. The van der Waals surface area contributed by atoms with Crippen LogP contribution in [0.5, 0.6) is 0 Å². The molecule has 0 radical (unpaired) electrons. The summed E-state index contributed by atoms with van der Waals surface area (Å²) in [5, 5.41) is 0. The van der Waals surface area contributed by atoms with Gasteiger partial charge >= 0.3 is 5.97 Å². The molecular weight excluding hydrogens is 230 g/mol. The minimum Gasteiger partial charge on any atom is -0.469 e. The fraction of sp³-hybridized carbons (Fsp3) is 0.714. The van der Waals surface area contributed by atoms with E-state index >= 15 is 0 Å². The van der Waals surface area contributed by atoms with Crippen molar-refractivity contribution in [2.24, 2.45) is 17.1 Å². The third kappa shape index (κ3) is 3.59. The topological polar surface area (TPSA) is 69.4 Å². The zero-order chi connectivity index (χ0) is 13.8. The third-order valence-electron chi connectivity index (χ3n) is 4.00. The first-order chi connectivity index (χ1) is 8.37. The maximum absolute atomic E-state index is 11.1. The average molecular weight is 253 g/mol. The van der Waals surface area contributed by atoms with Gasteiger partial charge in [-0.3, -0.25) is 9.59 Å². The number of nitrogens with two attached hydrogens (primary N) is 1. The molecular formula is C14H23NO3. The SMILES string of the molecule is COC(=O)CCCC1=CCC(CC(N)=O)C1(C)C. The van der Waals surface area contributed by atoms with E-state index in [9.17, 15) is 9.59 Å². The number of ether oxygens (including phenoxy) is 1. The highest BCUT2D eigenvalue weighted by Gasteiger charge is 2.37. The molecule has 0 aromatic rings. The van der Waals surface area contributed by atoms with Gasteiger partial charge in [-0.25, -0.2) is 0 Å². The van der Waals surface area contributed by atoms with Crippen molar-refractivity contribution in [1.82, 2.24) is 0 Å². The number of carbonyl (C=O) groups excluding carboxylic acids is 2. The van der Waals surface area contributed by atoms with Crippen molar-refractivity contribution >= 4 is 11.9 Å². The van der Waals surface area contributed by atoms with Crippen LogP contribution in [0.25, 0.3) is 0 Å². The van der Waals surface area contributed by atoms with Gasteiger partial charge in [-0.15, -0.1) is 0 Å². The molecule has 0 aromatic heterocycles. The predicted molar refractivity (Wildman–Crippen MR) is 69.6 cm³/mol. The molecule has 4 heteroatoms. The Labute approximate surface area is 109 Å². The van der Waals surface area contributed by atoms with Crippen LogP contribution in [0.2, 0.25) is 0 Å². The highest BCUT2D eigenvalue weighted by molar-refractivity contribution is 5.74. The van der Waals surface area contributed by atoms with Crippen LogP contribution in [0.1, 0.15) is 46.0 Å². The Kier molecular flexibility index (Phi) is 4.93. The number of methoxy groups -OCH3 is 1. The Morgan fingerprint density at radius 2 is 2.17 bits per heavy atom. The second-order valence-corrected chi connectivity index (χ2v) is 5.48. The molecule has 0 aromatic carbocycles. The predicted octanol–water partition coefficient (Wildman–Crippen LogP) is 2.18. The molecule has 0 saturated carbocycles. The largest absolute Gasteiger partial charge is 0.469 e. The second kappa shape index (κ2) is 6.03. The monoisotopic (exact) mass is 253 g/mol.